The molecular formula is C55H107NO6. The fourth-order valence-corrected chi connectivity index (χ4v) is 9.27. The van der Waals surface area contributed by atoms with Gasteiger partial charge in [-0.2, -0.15) is 0 Å². The van der Waals surface area contributed by atoms with Crippen molar-refractivity contribution in [3.05, 3.63) is 0 Å². The van der Waals surface area contributed by atoms with Crippen molar-refractivity contribution in [2.45, 2.75) is 297 Å². The Kier molecular flexibility index (Phi) is 39.2. The highest BCUT2D eigenvalue weighted by Gasteiger charge is 2.40. The molecule has 0 saturated carbocycles. The molecule has 7 nitrogen and oxygen atoms in total. The van der Waals surface area contributed by atoms with Gasteiger partial charge in [0.05, 0.1) is 25.9 Å². The molecule has 62 heavy (non-hydrogen) atoms. The molecule has 1 saturated heterocycles. The van der Waals surface area contributed by atoms with Crippen LogP contribution in [-0.4, -0.2) is 68.2 Å². The van der Waals surface area contributed by atoms with E-state index in [-0.39, 0.29) is 18.0 Å². The number of rotatable bonds is 46. The summed E-state index contributed by atoms with van der Waals surface area (Å²) in [6.45, 7) is 16.5. The third-order valence-corrected chi connectivity index (χ3v) is 13.9. The van der Waals surface area contributed by atoms with E-state index in [1.165, 1.54) is 154 Å². The van der Waals surface area contributed by atoms with Crippen LogP contribution in [0.3, 0.4) is 0 Å². The zero-order chi connectivity index (χ0) is 45.4. The molecule has 1 atom stereocenters. The van der Waals surface area contributed by atoms with Gasteiger partial charge >= 0.3 is 11.9 Å². The van der Waals surface area contributed by atoms with Crippen molar-refractivity contribution in [2.24, 2.45) is 11.8 Å². The topological polar surface area (TPSA) is 74.3 Å². The molecule has 1 aliphatic heterocycles. The van der Waals surface area contributed by atoms with E-state index in [0.717, 1.165) is 77.2 Å². The lowest BCUT2D eigenvalue weighted by Gasteiger charge is -2.29. The highest BCUT2D eigenvalue weighted by atomic mass is 16.7. The van der Waals surface area contributed by atoms with Crippen molar-refractivity contribution in [3.63, 3.8) is 0 Å². The summed E-state index contributed by atoms with van der Waals surface area (Å²) in [4.78, 5) is 27.2. The predicted octanol–water partition coefficient (Wildman–Crippen LogP) is 16.3. The number of carbonyl (C=O) groups excluding carboxylic acids is 2. The molecule has 0 radical (unpaired) electrons. The van der Waals surface area contributed by atoms with E-state index in [4.69, 9.17) is 18.9 Å². The van der Waals surface area contributed by atoms with Crippen LogP contribution in [0.25, 0.3) is 0 Å². The lowest BCUT2D eigenvalue weighted by Crippen LogP contribution is -2.33. The molecule has 0 aromatic heterocycles. The minimum atomic E-state index is -0.419. The summed E-state index contributed by atoms with van der Waals surface area (Å²) >= 11 is 0. The van der Waals surface area contributed by atoms with Crippen molar-refractivity contribution < 1.29 is 28.5 Å². The SMILES string of the molecule is CCCCCC(CCCCC)CCOC(=O)CCCCCCCCCC1(CCCCCCCCCC(=O)OCCC(CCCCC)CCCCC)OCC(CCN(C)C(C)C)O1. The summed E-state index contributed by atoms with van der Waals surface area (Å²) in [5.74, 6) is 1.01. The summed E-state index contributed by atoms with van der Waals surface area (Å²) < 4.78 is 24.7. The van der Waals surface area contributed by atoms with Crippen LogP contribution < -0.4 is 0 Å². The van der Waals surface area contributed by atoms with E-state index in [0.29, 0.717) is 50.5 Å². The van der Waals surface area contributed by atoms with Gasteiger partial charge < -0.3 is 23.8 Å². The van der Waals surface area contributed by atoms with E-state index in [2.05, 4.69) is 53.5 Å². The fourth-order valence-electron chi connectivity index (χ4n) is 9.27. The number of ether oxygens (including phenoxy) is 4. The van der Waals surface area contributed by atoms with Gasteiger partial charge in [0.25, 0.3) is 0 Å². The largest absolute Gasteiger partial charge is 0.466 e. The van der Waals surface area contributed by atoms with Gasteiger partial charge in [0.15, 0.2) is 5.79 Å². The molecule has 0 spiro atoms. The molecule has 0 aliphatic carbocycles. The summed E-state index contributed by atoms with van der Waals surface area (Å²) in [7, 11) is 2.20. The number of unbranched alkanes of at least 4 members (excludes halogenated alkanes) is 20. The first-order chi connectivity index (χ1) is 30.2. The van der Waals surface area contributed by atoms with Crippen LogP contribution >= 0.6 is 0 Å². The monoisotopic (exact) mass is 878 g/mol. The van der Waals surface area contributed by atoms with Crippen molar-refractivity contribution in [3.8, 4) is 0 Å². The normalized spacial score (nSPS) is 15.2. The molecule has 0 aromatic carbocycles. The van der Waals surface area contributed by atoms with Crippen LogP contribution in [0.15, 0.2) is 0 Å². The third-order valence-electron chi connectivity index (χ3n) is 13.9. The minimum Gasteiger partial charge on any atom is -0.466 e. The molecule has 7 heteroatoms. The summed E-state index contributed by atoms with van der Waals surface area (Å²) in [6, 6.07) is 0.538. The molecule has 1 fully saturated rings. The van der Waals surface area contributed by atoms with Crippen LogP contribution in [0, 0.1) is 11.8 Å². The number of hydrogen-bond donors (Lipinski definition) is 0. The predicted molar refractivity (Wildman–Crippen MR) is 264 cm³/mol. The Morgan fingerprint density at radius 2 is 0.903 bits per heavy atom. The van der Waals surface area contributed by atoms with E-state index in [1.807, 2.05) is 0 Å². The summed E-state index contributed by atoms with van der Waals surface area (Å²) in [5, 5.41) is 0. The van der Waals surface area contributed by atoms with Crippen molar-refractivity contribution in [1.29, 1.82) is 0 Å². The maximum Gasteiger partial charge on any atom is 0.305 e. The van der Waals surface area contributed by atoms with Gasteiger partial charge in [-0.3, -0.25) is 9.59 Å². The summed E-state index contributed by atoms with van der Waals surface area (Å²) in [5.41, 5.74) is 0. The standard InChI is InChI=1S/C55H107NO6/c1-8-12-26-34-50(35-27-13-9-2)41-46-59-53(57)38-30-22-18-16-20-24-32-43-55(61-48-52(62-55)40-45-56(7)49(5)6)44-33-25-21-17-19-23-31-39-54(58)60-47-42-51(36-28-14-10-3)37-29-15-11-4/h49-52H,8-48H2,1-7H3. The second-order valence-corrected chi connectivity index (χ2v) is 20.0. The van der Waals surface area contributed by atoms with Crippen LogP contribution in [-0.2, 0) is 28.5 Å². The van der Waals surface area contributed by atoms with Crippen molar-refractivity contribution >= 4 is 11.9 Å². The Labute approximate surface area is 386 Å². The maximum atomic E-state index is 12.4. The van der Waals surface area contributed by atoms with E-state index in [9.17, 15) is 9.59 Å². The zero-order valence-corrected chi connectivity index (χ0v) is 42.7. The molecule has 1 rings (SSSR count). The Hall–Kier alpha value is -1.18. The second-order valence-electron chi connectivity index (χ2n) is 20.0. The van der Waals surface area contributed by atoms with Gasteiger partial charge in [0, 0.05) is 38.3 Å². The smallest absolute Gasteiger partial charge is 0.305 e. The molecule has 0 N–H and O–H groups in total. The summed E-state index contributed by atoms with van der Waals surface area (Å²) in [6.07, 6.45) is 43.2. The number of carbonyl (C=O) groups is 2. The Bertz CT molecular complexity index is 924. The lowest BCUT2D eigenvalue weighted by atomic mass is 9.92. The highest BCUT2D eigenvalue weighted by Crippen LogP contribution is 2.36. The van der Waals surface area contributed by atoms with Gasteiger partial charge in [-0.25, -0.2) is 0 Å². The average molecular weight is 878 g/mol. The minimum absolute atomic E-state index is 0.000503. The van der Waals surface area contributed by atoms with Crippen molar-refractivity contribution in [2.75, 3.05) is 33.4 Å². The molecule has 368 valence electrons. The molecule has 1 heterocycles. The van der Waals surface area contributed by atoms with Crippen LogP contribution in [0.2, 0.25) is 0 Å². The van der Waals surface area contributed by atoms with E-state index < -0.39 is 5.79 Å². The Morgan fingerprint density at radius 1 is 0.532 bits per heavy atom. The van der Waals surface area contributed by atoms with Crippen LogP contribution in [0.1, 0.15) is 279 Å². The molecular weight excluding hydrogens is 771 g/mol. The Morgan fingerprint density at radius 3 is 1.27 bits per heavy atom. The van der Waals surface area contributed by atoms with Crippen LogP contribution in [0.4, 0.5) is 0 Å². The van der Waals surface area contributed by atoms with Gasteiger partial charge in [-0.1, -0.05) is 195 Å². The first kappa shape index (κ1) is 58.8. The quantitative estimate of drug-likeness (QED) is 0.0445. The second kappa shape index (κ2) is 41.3. The number of esters is 2. The van der Waals surface area contributed by atoms with E-state index >= 15 is 0 Å². The van der Waals surface area contributed by atoms with E-state index in [1.54, 1.807) is 0 Å². The fraction of sp³-hybridized carbons (Fsp3) is 0.964. The van der Waals surface area contributed by atoms with Gasteiger partial charge in [-0.05, 0) is 77.7 Å². The average Bonchev–Trinajstić information content (AvgIpc) is 3.66. The maximum absolute atomic E-state index is 12.4. The molecule has 1 aliphatic rings. The lowest BCUT2D eigenvalue weighted by molar-refractivity contribution is -0.180. The number of nitrogens with zero attached hydrogens (tertiary/aromatic N) is 1. The van der Waals surface area contributed by atoms with Gasteiger partial charge in [0.2, 0.25) is 0 Å². The molecule has 0 aromatic rings. The Balaban J connectivity index is 2.29. The zero-order valence-electron chi connectivity index (χ0n) is 42.7. The third kappa shape index (κ3) is 33.3. The molecule has 1 unspecified atom stereocenters. The molecule has 0 amide bonds. The molecule has 0 bridgehead atoms. The number of hydrogen-bond acceptors (Lipinski definition) is 7. The highest BCUT2D eigenvalue weighted by molar-refractivity contribution is 5.69. The first-order valence-corrected chi connectivity index (χ1v) is 27.5. The van der Waals surface area contributed by atoms with Gasteiger partial charge in [-0.15, -0.1) is 0 Å². The van der Waals surface area contributed by atoms with Gasteiger partial charge in [0.1, 0.15) is 0 Å². The first-order valence-electron chi connectivity index (χ1n) is 27.5. The van der Waals surface area contributed by atoms with Crippen LogP contribution in [0.5, 0.6) is 0 Å². The van der Waals surface area contributed by atoms with Crippen molar-refractivity contribution in [1.82, 2.24) is 4.90 Å².